The SMILES string of the molecule is COCOc1ccc(-c2cccc(=O)n2CC(F)F)cc1. The third-order valence-electron chi connectivity index (χ3n) is 2.86. The number of hydrogen-bond donors (Lipinski definition) is 0. The van der Waals surface area contributed by atoms with Crippen LogP contribution in [0.3, 0.4) is 0 Å². The molecular weight excluding hydrogens is 280 g/mol. The van der Waals surface area contributed by atoms with Crippen molar-refractivity contribution in [1.29, 1.82) is 0 Å². The highest BCUT2D eigenvalue weighted by Gasteiger charge is 2.11. The molecule has 0 spiro atoms. The van der Waals surface area contributed by atoms with Gasteiger partial charge in [0, 0.05) is 13.2 Å². The number of pyridine rings is 1. The number of ether oxygens (including phenoxy) is 2. The highest BCUT2D eigenvalue weighted by Crippen LogP contribution is 2.22. The van der Waals surface area contributed by atoms with Crippen molar-refractivity contribution in [2.45, 2.75) is 13.0 Å². The molecule has 0 aliphatic carbocycles. The lowest BCUT2D eigenvalue weighted by molar-refractivity contribution is 0.0511. The van der Waals surface area contributed by atoms with Gasteiger partial charge in [0.1, 0.15) is 5.75 Å². The van der Waals surface area contributed by atoms with Crippen molar-refractivity contribution in [2.75, 3.05) is 13.9 Å². The predicted molar refractivity (Wildman–Crippen MR) is 74.6 cm³/mol. The summed E-state index contributed by atoms with van der Waals surface area (Å²) in [7, 11) is 1.52. The van der Waals surface area contributed by atoms with E-state index in [1.807, 2.05) is 0 Å². The maximum absolute atomic E-state index is 12.6. The number of alkyl halides is 2. The Hall–Kier alpha value is -2.21. The average molecular weight is 295 g/mol. The summed E-state index contributed by atoms with van der Waals surface area (Å²) in [6, 6.07) is 11.3. The fraction of sp³-hybridized carbons (Fsp3) is 0.267. The van der Waals surface area contributed by atoms with Gasteiger partial charge in [0.25, 0.3) is 12.0 Å². The van der Waals surface area contributed by atoms with Crippen LogP contribution in [-0.2, 0) is 11.3 Å². The van der Waals surface area contributed by atoms with Crippen molar-refractivity contribution in [1.82, 2.24) is 4.57 Å². The molecule has 0 N–H and O–H groups in total. The molecule has 21 heavy (non-hydrogen) atoms. The molecule has 1 heterocycles. The van der Waals surface area contributed by atoms with E-state index >= 15 is 0 Å². The largest absolute Gasteiger partial charge is 0.468 e. The molecule has 0 aliphatic heterocycles. The zero-order valence-corrected chi connectivity index (χ0v) is 11.5. The molecule has 2 aromatic rings. The number of nitrogens with zero attached hydrogens (tertiary/aromatic N) is 1. The Kier molecular flexibility index (Phi) is 5.05. The molecule has 1 aromatic carbocycles. The number of rotatable bonds is 6. The van der Waals surface area contributed by atoms with E-state index in [0.29, 0.717) is 17.0 Å². The smallest absolute Gasteiger partial charge is 0.256 e. The molecule has 4 nitrogen and oxygen atoms in total. The zero-order valence-electron chi connectivity index (χ0n) is 11.5. The van der Waals surface area contributed by atoms with E-state index in [4.69, 9.17) is 9.47 Å². The van der Waals surface area contributed by atoms with Crippen LogP contribution in [0.4, 0.5) is 8.78 Å². The van der Waals surface area contributed by atoms with E-state index in [1.54, 1.807) is 36.4 Å². The van der Waals surface area contributed by atoms with Crippen molar-refractivity contribution in [2.24, 2.45) is 0 Å². The lowest BCUT2D eigenvalue weighted by Gasteiger charge is -2.13. The minimum atomic E-state index is -2.59. The van der Waals surface area contributed by atoms with Crippen LogP contribution in [0.2, 0.25) is 0 Å². The third-order valence-corrected chi connectivity index (χ3v) is 2.86. The van der Waals surface area contributed by atoms with Gasteiger partial charge in [0.15, 0.2) is 6.79 Å². The fourth-order valence-corrected chi connectivity index (χ4v) is 1.95. The van der Waals surface area contributed by atoms with Gasteiger partial charge in [-0.2, -0.15) is 0 Å². The molecule has 0 saturated carbocycles. The van der Waals surface area contributed by atoms with Crippen LogP contribution in [0.15, 0.2) is 47.3 Å². The number of halogens is 2. The second-order valence-corrected chi connectivity index (χ2v) is 4.33. The van der Waals surface area contributed by atoms with Crippen LogP contribution >= 0.6 is 0 Å². The summed E-state index contributed by atoms with van der Waals surface area (Å²) < 4.78 is 36.3. The van der Waals surface area contributed by atoms with Gasteiger partial charge in [-0.25, -0.2) is 8.78 Å². The Morgan fingerprint density at radius 1 is 1.14 bits per heavy atom. The first-order valence-electron chi connectivity index (χ1n) is 6.32. The van der Waals surface area contributed by atoms with E-state index in [0.717, 1.165) is 4.57 Å². The van der Waals surface area contributed by atoms with Crippen LogP contribution < -0.4 is 10.3 Å². The first kappa shape index (κ1) is 15.2. The van der Waals surface area contributed by atoms with Crippen LogP contribution in [0.25, 0.3) is 11.3 Å². The summed E-state index contributed by atoms with van der Waals surface area (Å²) >= 11 is 0. The van der Waals surface area contributed by atoms with E-state index in [-0.39, 0.29) is 6.79 Å². The Labute approximate surface area is 120 Å². The van der Waals surface area contributed by atoms with Crippen molar-refractivity contribution < 1.29 is 18.3 Å². The lowest BCUT2D eigenvalue weighted by Crippen LogP contribution is -2.23. The summed E-state index contributed by atoms with van der Waals surface area (Å²) in [5.41, 5.74) is 0.659. The van der Waals surface area contributed by atoms with E-state index < -0.39 is 18.5 Å². The minimum absolute atomic E-state index is 0.126. The number of aromatic nitrogens is 1. The summed E-state index contributed by atoms with van der Waals surface area (Å²) in [6.07, 6.45) is -2.59. The van der Waals surface area contributed by atoms with E-state index in [9.17, 15) is 13.6 Å². The van der Waals surface area contributed by atoms with E-state index in [1.165, 1.54) is 13.2 Å². The van der Waals surface area contributed by atoms with Gasteiger partial charge in [-0.15, -0.1) is 0 Å². The Morgan fingerprint density at radius 3 is 2.48 bits per heavy atom. The standard InChI is InChI=1S/C15H15F2NO3/c1-20-10-21-12-7-5-11(6-8-12)13-3-2-4-15(19)18(13)9-14(16)17/h2-8,14H,9-10H2,1H3. The van der Waals surface area contributed by atoms with Crippen LogP contribution in [-0.4, -0.2) is 24.9 Å². The van der Waals surface area contributed by atoms with Gasteiger partial charge in [-0.05, 0) is 35.9 Å². The van der Waals surface area contributed by atoms with Crippen molar-refractivity contribution in [3.05, 3.63) is 52.8 Å². The zero-order chi connectivity index (χ0) is 15.2. The van der Waals surface area contributed by atoms with Crippen LogP contribution in [0, 0.1) is 0 Å². The fourth-order valence-electron chi connectivity index (χ4n) is 1.95. The Balaban J connectivity index is 2.33. The molecule has 6 heteroatoms. The van der Waals surface area contributed by atoms with Crippen molar-refractivity contribution >= 4 is 0 Å². The number of methoxy groups -OCH3 is 1. The van der Waals surface area contributed by atoms with Gasteiger partial charge in [0.05, 0.1) is 12.2 Å². The first-order valence-corrected chi connectivity index (χ1v) is 6.32. The molecule has 0 amide bonds. The monoisotopic (exact) mass is 295 g/mol. The quantitative estimate of drug-likeness (QED) is 0.769. The van der Waals surface area contributed by atoms with Crippen molar-refractivity contribution in [3.8, 4) is 17.0 Å². The van der Waals surface area contributed by atoms with Crippen LogP contribution in [0.1, 0.15) is 0 Å². The molecule has 112 valence electrons. The molecular formula is C15H15F2NO3. The molecule has 0 saturated heterocycles. The maximum atomic E-state index is 12.6. The van der Waals surface area contributed by atoms with Crippen LogP contribution in [0.5, 0.6) is 5.75 Å². The average Bonchev–Trinajstić information content (AvgIpc) is 2.47. The number of benzene rings is 1. The first-order chi connectivity index (χ1) is 10.1. The minimum Gasteiger partial charge on any atom is -0.468 e. The molecule has 0 radical (unpaired) electrons. The molecule has 2 rings (SSSR count). The predicted octanol–water partition coefficient (Wildman–Crippen LogP) is 2.76. The molecule has 1 aromatic heterocycles. The van der Waals surface area contributed by atoms with E-state index in [2.05, 4.69) is 0 Å². The topological polar surface area (TPSA) is 40.5 Å². The summed E-state index contributed by atoms with van der Waals surface area (Å²) in [4.78, 5) is 11.7. The van der Waals surface area contributed by atoms with Gasteiger partial charge < -0.3 is 14.0 Å². The maximum Gasteiger partial charge on any atom is 0.256 e. The summed E-state index contributed by atoms with van der Waals surface area (Å²) in [5.74, 6) is 0.597. The normalized spacial score (nSPS) is 10.9. The Morgan fingerprint density at radius 2 is 1.86 bits per heavy atom. The van der Waals surface area contributed by atoms with Crippen molar-refractivity contribution in [3.63, 3.8) is 0 Å². The van der Waals surface area contributed by atoms with Gasteiger partial charge in [0.2, 0.25) is 0 Å². The molecule has 0 unspecified atom stereocenters. The molecule has 0 bridgehead atoms. The lowest BCUT2D eigenvalue weighted by atomic mass is 10.1. The molecule has 0 fully saturated rings. The molecule has 0 atom stereocenters. The summed E-state index contributed by atoms with van der Waals surface area (Å²) in [6.45, 7) is -0.502. The third kappa shape index (κ3) is 3.88. The highest BCUT2D eigenvalue weighted by molar-refractivity contribution is 5.60. The number of hydrogen-bond acceptors (Lipinski definition) is 3. The van der Waals surface area contributed by atoms with Gasteiger partial charge in [-0.3, -0.25) is 4.79 Å². The van der Waals surface area contributed by atoms with Gasteiger partial charge in [-0.1, -0.05) is 6.07 Å². The Bertz CT molecular complexity index is 638. The second-order valence-electron chi connectivity index (χ2n) is 4.33. The highest BCUT2D eigenvalue weighted by atomic mass is 19.3. The molecule has 0 aliphatic rings. The second kappa shape index (κ2) is 6.99. The van der Waals surface area contributed by atoms with Gasteiger partial charge >= 0.3 is 0 Å². The summed E-state index contributed by atoms with van der Waals surface area (Å²) in [5, 5.41) is 0.